The van der Waals surface area contributed by atoms with Gasteiger partial charge in [0.1, 0.15) is 5.58 Å². The number of esters is 2. The quantitative estimate of drug-likeness (QED) is 0.565. The second-order valence-electron chi connectivity index (χ2n) is 6.24. The molecule has 8 nitrogen and oxygen atoms in total. The smallest absolute Gasteiger partial charge is 0.375 e. The van der Waals surface area contributed by atoms with Crippen LogP contribution in [0.1, 0.15) is 33.4 Å². The molecule has 30 heavy (non-hydrogen) atoms. The Bertz CT molecular complexity index is 1070. The Morgan fingerprint density at radius 2 is 1.83 bits per heavy atom. The van der Waals surface area contributed by atoms with E-state index in [9.17, 15) is 14.4 Å². The highest BCUT2D eigenvalue weighted by Gasteiger charge is 2.22. The summed E-state index contributed by atoms with van der Waals surface area (Å²) in [6, 6.07) is 13.4. The van der Waals surface area contributed by atoms with Crippen molar-refractivity contribution in [3.05, 3.63) is 65.4 Å². The third-order valence-corrected chi connectivity index (χ3v) is 4.24. The number of methoxy groups -OCH3 is 1. The SMILES string of the molecule is CCOCc1c(C(=O)OCC(=O)Nc2cccc(C(=O)OC)c2)oc2ccccc12. The Kier molecular flexibility index (Phi) is 6.82. The Hall–Kier alpha value is -3.65. The van der Waals surface area contributed by atoms with E-state index in [-0.39, 0.29) is 17.9 Å². The van der Waals surface area contributed by atoms with Gasteiger partial charge in [0.05, 0.1) is 19.3 Å². The number of rotatable bonds is 8. The van der Waals surface area contributed by atoms with Gasteiger partial charge in [-0.3, -0.25) is 4.79 Å². The summed E-state index contributed by atoms with van der Waals surface area (Å²) in [4.78, 5) is 36.3. The molecule has 1 aromatic heterocycles. The van der Waals surface area contributed by atoms with E-state index in [1.165, 1.54) is 13.2 Å². The lowest BCUT2D eigenvalue weighted by Crippen LogP contribution is -2.21. The summed E-state index contributed by atoms with van der Waals surface area (Å²) >= 11 is 0. The number of anilines is 1. The summed E-state index contributed by atoms with van der Waals surface area (Å²) in [5.41, 5.74) is 1.77. The molecule has 3 aromatic rings. The predicted octanol–water partition coefficient (Wildman–Crippen LogP) is 3.55. The lowest BCUT2D eigenvalue weighted by Gasteiger charge is -2.08. The second-order valence-corrected chi connectivity index (χ2v) is 6.24. The van der Waals surface area contributed by atoms with Crippen LogP contribution in [0.2, 0.25) is 0 Å². The van der Waals surface area contributed by atoms with Gasteiger partial charge in [-0.2, -0.15) is 0 Å². The number of carbonyl (C=O) groups excluding carboxylic acids is 3. The first-order valence-electron chi connectivity index (χ1n) is 9.27. The van der Waals surface area contributed by atoms with Crippen LogP contribution in [0, 0.1) is 0 Å². The molecular weight excluding hydrogens is 390 g/mol. The first kappa shape index (κ1) is 21.1. The molecule has 2 aromatic carbocycles. The molecule has 0 bridgehead atoms. The maximum absolute atomic E-state index is 12.5. The Balaban J connectivity index is 1.67. The van der Waals surface area contributed by atoms with Gasteiger partial charge in [0.15, 0.2) is 6.61 Å². The lowest BCUT2D eigenvalue weighted by atomic mass is 10.1. The number of furan rings is 1. The van der Waals surface area contributed by atoms with Crippen molar-refractivity contribution in [1.82, 2.24) is 0 Å². The van der Waals surface area contributed by atoms with Gasteiger partial charge in [-0.1, -0.05) is 24.3 Å². The van der Waals surface area contributed by atoms with Crippen molar-refractivity contribution in [2.45, 2.75) is 13.5 Å². The number of ether oxygens (including phenoxy) is 3. The van der Waals surface area contributed by atoms with Crippen molar-refractivity contribution in [3.63, 3.8) is 0 Å². The largest absolute Gasteiger partial charge is 0.465 e. The van der Waals surface area contributed by atoms with Crippen LogP contribution in [0.5, 0.6) is 0 Å². The minimum Gasteiger partial charge on any atom is -0.465 e. The average Bonchev–Trinajstić information content (AvgIpc) is 3.14. The van der Waals surface area contributed by atoms with E-state index >= 15 is 0 Å². The van der Waals surface area contributed by atoms with Gasteiger partial charge >= 0.3 is 11.9 Å². The molecule has 0 aliphatic heterocycles. The summed E-state index contributed by atoms with van der Waals surface area (Å²) in [5.74, 6) is -1.85. The topological polar surface area (TPSA) is 104 Å². The maximum atomic E-state index is 12.5. The van der Waals surface area contributed by atoms with Crippen LogP contribution in [-0.4, -0.2) is 38.2 Å². The fraction of sp³-hybridized carbons (Fsp3) is 0.227. The Morgan fingerprint density at radius 3 is 2.60 bits per heavy atom. The van der Waals surface area contributed by atoms with Crippen LogP contribution < -0.4 is 5.32 Å². The van der Waals surface area contributed by atoms with Crippen molar-refractivity contribution in [3.8, 4) is 0 Å². The molecular formula is C22H21NO7. The third kappa shape index (κ3) is 4.84. The minimum atomic E-state index is -0.764. The molecule has 0 aliphatic rings. The minimum absolute atomic E-state index is 0.00476. The molecule has 1 N–H and O–H groups in total. The number of nitrogens with one attached hydrogen (secondary N) is 1. The molecule has 0 fully saturated rings. The van der Waals surface area contributed by atoms with E-state index < -0.39 is 24.5 Å². The summed E-state index contributed by atoms with van der Waals surface area (Å²) in [7, 11) is 1.27. The number of amides is 1. The number of carbonyl (C=O) groups is 3. The zero-order valence-corrected chi connectivity index (χ0v) is 16.6. The van der Waals surface area contributed by atoms with E-state index in [2.05, 4.69) is 10.1 Å². The molecule has 0 radical (unpaired) electrons. The number of benzene rings is 2. The number of fused-ring (bicyclic) bond motifs is 1. The van der Waals surface area contributed by atoms with Gasteiger partial charge in [-0.15, -0.1) is 0 Å². The molecule has 0 aliphatic carbocycles. The molecule has 3 rings (SSSR count). The van der Waals surface area contributed by atoms with E-state index in [4.69, 9.17) is 13.9 Å². The van der Waals surface area contributed by atoms with Gasteiger partial charge in [0, 0.05) is 23.2 Å². The van der Waals surface area contributed by atoms with Gasteiger partial charge in [0.2, 0.25) is 5.76 Å². The number of para-hydroxylation sites is 1. The van der Waals surface area contributed by atoms with Crippen molar-refractivity contribution < 1.29 is 33.0 Å². The lowest BCUT2D eigenvalue weighted by molar-refractivity contribution is -0.119. The summed E-state index contributed by atoms with van der Waals surface area (Å²) < 4.78 is 20.8. The second kappa shape index (κ2) is 9.71. The Morgan fingerprint density at radius 1 is 1.03 bits per heavy atom. The van der Waals surface area contributed by atoms with Gasteiger partial charge in [-0.25, -0.2) is 9.59 Å². The fourth-order valence-corrected chi connectivity index (χ4v) is 2.85. The highest BCUT2D eigenvalue weighted by Crippen LogP contribution is 2.27. The van der Waals surface area contributed by atoms with E-state index in [0.717, 1.165) is 5.39 Å². The molecule has 1 amide bonds. The maximum Gasteiger partial charge on any atom is 0.375 e. The molecule has 1 heterocycles. The normalized spacial score (nSPS) is 10.6. The van der Waals surface area contributed by atoms with Gasteiger partial charge in [-0.05, 0) is 31.2 Å². The molecule has 0 atom stereocenters. The van der Waals surface area contributed by atoms with Crippen LogP contribution in [0.15, 0.2) is 52.9 Å². The highest BCUT2D eigenvalue weighted by molar-refractivity contribution is 5.99. The summed E-state index contributed by atoms with van der Waals surface area (Å²) in [6.07, 6.45) is 0. The van der Waals surface area contributed by atoms with E-state index in [0.29, 0.717) is 23.4 Å². The van der Waals surface area contributed by atoms with Crippen LogP contribution in [0.3, 0.4) is 0 Å². The van der Waals surface area contributed by atoms with Crippen molar-refractivity contribution >= 4 is 34.5 Å². The zero-order chi connectivity index (χ0) is 21.5. The summed E-state index contributed by atoms with van der Waals surface area (Å²) in [6.45, 7) is 1.98. The van der Waals surface area contributed by atoms with E-state index in [1.54, 1.807) is 30.3 Å². The van der Waals surface area contributed by atoms with Crippen molar-refractivity contribution in [1.29, 1.82) is 0 Å². The molecule has 0 saturated carbocycles. The number of hydrogen-bond donors (Lipinski definition) is 1. The summed E-state index contributed by atoms with van der Waals surface area (Å²) in [5, 5.41) is 3.32. The average molecular weight is 411 g/mol. The van der Waals surface area contributed by atoms with Crippen LogP contribution >= 0.6 is 0 Å². The number of hydrogen-bond acceptors (Lipinski definition) is 7. The molecule has 156 valence electrons. The first-order chi connectivity index (χ1) is 14.5. The van der Waals surface area contributed by atoms with Crippen LogP contribution in [0.4, 0.5) is 5.69 Å². The highest BCUT2D eigenvalue weighted by atomic mass is 16.5. The molecule has 0 unspecified atom stereocenters. The third-order valence-electron chi connectivity index (χ3n) is 4.24. The van der Waals surface area contributed by atoms with Crippen LogP contribution in [0.25, 0.3) is 11.0 Å². The van der Waals surface area contributed by atoms with Gasteiger partial charge in [0.25, 0.3) is 5.91 Å². The predicted molar refractivity (Wildman–Crippen MR) is 108 cm³/mol. The van der Waals surface area contributed by atoms with Gasteiger partial charge < -0.3 is 23.9 Å². The monoisotopic (exact) mass is 411 g/mol. The molecule has 8 heteroatoms. The fourth-order valence-electron chi connectivity index (χ4n) is 2.85. The van der Waals surface area contributed by atoms with E-state index in [1.807, 2.05) is 19.1 Å². The standard InChI is InChI=1S/C22H21NO7/c1-3-28-12-17-16-9-4-5-10-18(16)30-20(17)22(26)29-13-19(24)23-15-8-6-7-14(11-15)21(25)27-2/h4-11H,3,12-13H2,1-2H3,(H,23,24). The van der Waals surface area contributed by atoms with Crippen LogP contribution in [-0.2, 0) is 25.6 Å². The van der Waals surface area contributed by atoms with Crippen molar-refractivity contribution in [2.24, 2.45) is 0 Å². The Labute approximate surface area is 172 Å². The first-order valence-corrected chi connectivity index (χ1v) is 9.27. The molecule has 0 spiro atoms. The molecule has 0 saturated heterocycles. The van der Waals surface area contributed by atoms with Crippen molar-refractivity contribution in [2.75, 3.05) is 25.6 Å². The zero-order valence-electron chi connectivity index (χ0n) is 16.6.